The first-order valence-electron chi connectivity index (χ1n) is 7.53. The van der Waals surface area contributed by atoms with Crippen molar-refractivity contribution in [3.05, 3.63) is 35.6 Å². The molecule has 1 aromatic rings. The molecule has 0 amide bonds. The molecule has 0 saturated carbocycles. The zero-order valence-corrected chi connectivity index (χ0v) is 12.8. The lowest BCUT2D eigenvalue weighted by molar-refractivity contribution is 0.321. The second-order valence-corrected chi connectivity index (χ2v) is 7.83. The highest BCUT2D eigenvalue weighted by molar-refractivity contribution is 7.88. The Hall–Kier alpha value is -0.980. The number of halogens is 1. The van der Waals surface area contributed by atoms with E-state index in [2.05, 4.69) is 5.32 Å². The maximum absolute atomic E-state index is 12.9. The van der Waals surface area contributed by atoms with Crippen molar-refractivity contribution in [2.45, 2.75) is 43.5 Å². The predicted octanol–water partition coefficient (Wildman–Crippen LogP) is 1.87. The quantitative estimate of drug-likeness (QED) is 0.923. The Morgan fingerprint density at radius 2 is 1.95 bits per heavy atom. The van der Waals surface area contributed by atoms with Crippen LogP contribution in [0.1, 0.15) is 31.2 Å². The van der Waals surface area contributed by atoms with E-state index < -0.39 is 10.0 Å². The summed E-state index contributed by atoms with van der Waals surface area (Å²) in [4.78, 5) is 0. The lowest BCUT2D eigenvalue weighted by Gasteiger charge is -2.28. The van der Waals surface area contributed by atoms with Crippen LogP contribution in [0.5, 0.6) is 0 Å². The molecule has 116 valence electrons. The minimum atomic E-state index is -3.34. The Morgan fingerprint density at radius 1 is 1.19 bits per heavy atom. The van der Waals surface area contributed by atoms with Gasteiger partial charge < -0.3 is 5.32 Å². The normalized spacial score (nSPS) is 27.3. The largest absolute Gasteiger partial charge is 0.312 e. The van der Waals surface area contributed by atoms with Crippen molar-refractivity contribution in [2.75, 3.05) is 13.1 Å². The van der Waals surface area contributed by atoms with Crippen molar-refractivity contribution in [3.63, 3.8) is 0 Å². The van der Waals surface area contributed by atoms with Gasteiger partial charge in [-0.2, -0.15) is 4.31 Å². The molecular weight excluding hydrogens is 291 g/mol. The van der Waals surface area contributed by atoms with Gasteiger partial charge in [-0.25, -0.2) is 12.8 Å². The summed E-state index contributed by atoms with van der Waals surface area (Å²) in [7, 11) is -3.34. The molecule has 2 fully saturated rings. The van der Waals surface area contributed by atoms with Gasteiger partial charge in [-0.3, -0.25) is 0 Å². The Bertz CT molecular complexity index is 582. The van der Waals surface area contributed by atoms with Crippen LogP contribution in [0, 0.1) is 5.82 Å². The lowest BCUT2D eigenvalue weighted by Crippen LogP contribution is -2.46. The van der Waals surface area contributed by atoms with E-state index >= 15 is 0 Å². The first-order chi connectivity index (χ1) is 10.1. The molecule has 0 aromatic heterocycles. The highest BCUT2D eigenvalue weighted by atomic mass is 32.2. The molecule has 2 atom stereocenters. The summed E-state index contributed by atoms with van der Waals surface area (Å²) >= 11 is 0. The van der Waals surface area contributed by atoms with Gasteiger partial charge in [-0.15, -0.1) is 0 Å². The van der Waals surface area contributed by atoms with Crippen LogP contribution in [0.2, 0.25) is 0 Å². The highest BCUT2D eigenvalue weighted by Crippen LogP contribution is 2.28. The van der Waals surface area contributed by atoms with Crippen LogP contribution in [-0.2, 0) is 15.8 Å². The molecule has 2 aliphatic rings. The van der Waals surface area contributed by atoms with E-state index in [0.29, 0.717) is 12.1 Å². The molecule has 1 N–H and O–H groups in total. The van der Waals surface area contributed by atoms with Gasteiger partial charge in [0.2, 0.25) is 10.0 Å². The minimum absolute atomic E-state index is 0.0451. The standard InChI is InChI=1S/C15H21FN2O2S/c16-13-7-5-12(6-8-13)11-21(19,20)18-10-2-4-15(18)14-3-1-9-17-14/h5-8,14-15,17H,1-4,9-11H2. The van der Waals surface area contributed by atoms with Crippen LogP contribution >= 0.6 is 0 Å². The summed E-state index contributed by atoms with van der Waals surface area (Å²) in [5.74, 6) is -0.387. The number of benzene rings is 1. The fourth-order valence-electron chi connectivity index (χ4n) is 3.43. The van der Waals surface area contributed by atoms with Crippen molar-refractivity contribution < 1.29 is 12.8 Å². The molecule has 2 heterocycles. The van der Waals surface area contributed by atoms with Gasteiger partial charge in [0.05, 0.1) is 5.75 Å². The smallest absolute Gasteiger partial charge is 0.218 e. The van der Waals surface area contributed by atoms with Crippen molar-refractivity contribution in [1.29, 1.82) is 0 Å². The predicted molar refractivity (Wildman–Crippen MR) is 79.8 cm³/mol. The second kappa shape index (κ2) is 6.02. The first kappa shape index (κ1) is 14.9. The van der Waals surface area contributed by atoms with E-state index in [0.717, 1.165) is 32.2 Å². The molecule has 2 aliphatic heterocycles. The summed E-state index contributed by atoms with van der Waals surface area (Å²) < 4.78 is 39.9. The fraction of sp³-hybridized carbons (Fsp3) is 0.600. The van der Waals surface area contributed by atoms with E-state index in [1.165, 1.54) is 12.1 Å². The van der Waals surface area contributed by atoms with Crippen LogP contribution in [0.3, 0.4) is 0 Å². The monoisotopic (exact) mass is 312 g/mol. The van der Waals surface area contributed by atoms with Gasteiger partial charge in [0.25, 0.3) is 0 Å². The Morgan fingerprint density at radius 3 is 2.62 bits per heavy atom. The van der Waals surface area contributed by atoms with E-state index in [1.807, 2.05) is 0 Å². The molecule has 6 heteroatoms. The third-order valence-corrected chi connectivity index (χ3v) is 6.30. The van der Waals surface area contributed by atoms with Crippen LogP contribution in [0.4, 0.5) is 4.39 Å². The number of nitrogens with zero attached hydrogens (tertiary/aromatic N) is 1. The van der Waals surface area contributed by atoms with E-state index in [1.54, 1.807) is 16.4 Å². The van der Waals surface area contributed by atoms with Gasteiger partial charge in [-0.05, 0) is 49.9 Å². The van der Waals surface area contributed by atoms with E-state index in [9.17, 15) is 12.8 Å². The van der Waals surface area contributed by atoms with Crippen molar-refractivity contribution in [3.8, 4) is 0 Å². The number of nitrogens with one attached hydrogen (secondary N) is 1. The average molecular weight is 312 g/mol. The van der Waals surface area contributed by atoms with Crippen molar-refractivity contribution in [1.82, 2.24) is 9.62 Å². The van der Waals surface area contributed by atoms with Crippen LogP contribution in [0.25, 0.3) is 0 Å². The summed E-state index contributed by atoms with van der Waals surface area (Å²) in [5.41, 5.74) is 0.640. The van der Waals surface area contributed by atoms with Crippen LogP contribution < -0.4 is 5.32 Å². The number of sulfonamides is 1. The third-order valence-electron chi connectivity index (χ3n) is 4.43. The van der Waals surface area contributed by atoms with Crippen molar-refractivity contribution >= 4 is 10.0 Å². The average Bonchev–Trinajstić information content (AvgIpc) is 3.11. The maximum Gasteiger partial charge on any atom is 0.218 e. The van der Waals surface area contributed by atoms with Gasteiger partial charge >= 0.3 is 0 Å². The zero-order valence-electron chi connectivity index (χ0n) is 12.0. The Labute approximate surface area is 125 Å². The molecule has 1 aromatic carbocycles. The third kappa shape index (κ3) is 3.27. The van der Waals surface area contributed by atoms with Gasteiger partial charge in [-0.1, -0.05) is 12.1 Å². The fourth-order valence-corrected chi connectivity index (χ4v) is 5.28. The minimum Gasteiger partial charge on any atom is -0.312 e. The molecule has 3 rings (SSSR count). The Balaban J connectivity index is 1.75. The molecule has 0 bridgehead atoms. The molecule has 2 saturated heterocycles. The molecule has 4 nitrogen and oxygen atoms in total. The van der Waals surface area contributed by atoms with Gasteiger partial charge in [0, 0.05) is 18.6 Å². The summed E-state index contributed by atoms with van der Waals surface area (Å²) in [6.45, 7) is 1.58. The molecule has 2 unspecified atom stereocenters. The van der Waals surface area contributed by atoms with E-state index in [4.69, 9.17) is 0 Å². The molecular formula is C15H21FN2O2S. The maximum atomic E-state index is 12.9. The Kier molecular flexibility index (Phi) is 4.28. The molecule has 0 radical (unpaired) electrons. The second-order valence-electron chi connectivity index (χ2n) is 5.91. The number of hydrogen-bond donors (Lipinski definition) is 1. The van der Waals surface area contributed by atoms with Gasteiger partial charge in [0.15, 0.2) is 0 Å². The van der Waals surface area contributed by atoms with E-state index in [-0.39, 0.29) is 23.7 Å². The van der Waals surface area contributed by atoms with Crippen LogP contribution in [-0.4, -0.2) is 37.9 Å². The van der Waals surface area contributed by atoms with Crippen LogP contribution in [0.15, 0.2) is 24.3 Å². The zero-order chi connectivity index (χ0) is 14.9. The first-order valence-corrected chi connectivity index (χ1v) is 9.14. The number of hydrogen-bond acceptors (Lipinski definition) is 3. The lowest BCUT2D eigenvalue weighted by atomic mass is 10.1. The summed E-state index contributed by atoms with van der Waals surface area (Å²) in [5, 5.41) is 3.42. The summed E-state index contributed by atoms with van der Waals surface area (Å²) in [6.07, 6.45) is 4.02. The highest BCUT2D eigenvalue weighted by Gasteiger charge is 2.39. The molecule has 21 heavy (non-hydrogen) atoms. The topological polar surface area (TPSA) is 49.4 Å². The van der Waals surface area contributed by atoms with Crippen molar-refractivity contribution in [2.24, 2.45) is 0 Å². The van der Waals surface area contributed by atoms with Gasteiger partial charge in [0.1, 0.15) is 5.82 Å². The molecule has 0 spiro atoms. The molecule has 0 aliphatic carbocycles. The summed E-state index contributed by atoms with van der Waals surface area (Å²) in [6, 6.07) is 6.08. The number of rotatable bonds is 4. The SMILES string of the molecule is O=S(=O)(Cc1ccc(F)cc1)N1CCCC1C1CCCN1.